The van der Waals surface area contributed by atoms with Crippen molar-refractivity contribution in [2.45, 2.75) is 4.90 Å². The van der Waals surface area contributed by atoms with Crippen LogP contribution < -0.4 is 14.8 Å². The molecule has 4 aromatic rings. The van der Waals surface area contributed by atoms with Crippen LogP contribution in [0.3, 0.4) is 0 Å². The van der Waals surface area contributed by atoms with Gasteiger partial charge in [-0.2, -0.15) is 0 Å². The second-order valence-electron chi connectivity index (χ2n) is 7.92. The molecule has 4 rings (SSSR count). The molecule has 0 amide bonds. The highest BCUT2D eigenvalue weighted by molar-refractivity contribution is 7.92. The van der Waals surface area contributed by atoms with Gasteiger partial charge in [-0.3, -0.25) is 19.6 Å². The highest BCUT2D eigenvalue weighted by Crippen LogP contribution is 2.32. The van der Waals surface area contributed by atoms with E-state index in [-0.39, 0.29) is 27.4 Å². The normalized spacial score (nSPS) is 10.9. The number of hydrogen-bond donors (Lipinski definition) is 2. The van der Waals surface area contributed by atoms with Crippen LogP contribution >= 0.6 is 0 Å². The van der Waals surface area contributed by atoms with Crippen molar-refractivity contribution in [1.29, 1.82) is 0 Å². The minimum absolute atomic E-state index is 0.0120. The van der Waals surface area contributed by atoms with E-state index in [1.54, 1.807) is 42.5 Å². The van der Waals surface area contributed by atoms with Crippen molar-refractivity contribution in [3.05, 3.63) is 117 Å². The first-order valence-corrected chi connectivity index (χ1v) is 12.5. The number of rotatable bonds is 10. The van der Waals surface area contributed by atoms with Crippen LogP contribution in [0.25, 0.3) is 0 Å². The van der Waals surface area contributed by atoms with Gasteiger partial charge in [0.25, 0.3) is 15.7 Å². The number of anilines is 3. The molecule has 0 aliphatic rings. The summed E-state index contributed by atoms with van der Waals surface area (Å²) in [6, 6.07) is 22.0. The van der Waals surface area contributed by atoms with Crippen LogP contribution in [0.15, 0.2) is 101 Å². The number of methoxy groups -OCH3 is 1. The van der Waals surface area contributed by atoms with Gasteiger partial charge < -0.3 is 10.1 Å². The first kappa shape index (κ1) is 26.0. The van der Waals surface area contributed by atoms with E-state index < -0.39 is 26.4 Å². The molecule has 2 N–H and O–H groups in total. The van der Waals surface area contributed by atoms with Gasteiger partial charge in [0.1, 0.15) is 17.1 Å². The van der Waals surface area contributed by atoms with Gasteiger partial charge in [0, 0.05) is 29.1 Å². The Morgan fingerprint density at radius 3 is 2.34 bits per heavy atom. The fourth-order valence-corrected chi connectivity index (χ4v) is 4.69. The lowest BCUT2D eigenvalue weighted by molar-refractivity contribution is -0.384. The molecule has 0 heterocycles. The SMILES string of the molecule is COc1ccc(C(=O)c2cccc(Nc3ccc(S(=O)(=O)Nc4ccccc4)cc3[N+](=O)[O-])c2)c(N=O)c1. The molecule has 38 heavy (non-hydrogen) atoms. The zero-order valence-corrected chi connectivity index (χ0v) is 20.6. The third kappa shape index (κ3) is 5.65. The quantitative estimate of drug-likeness (QED) is 0.113. The van der Waals surface area contributed by atoms with E-state index in [1.165, 1.54) is 49.6 Å². The van der Waals surface area contributed by atoms with Gasteiger partial charge in [-0.15, -0.1) is 4.91 Å². The second kappa shape index (κ2) is 10.9. The lowest BCUT2D eigenvalue weighted by atomic mass is 10.0. The average Bonchev–Trinajstić information content (AvgIpc) is 2.92. The number of para-hydroxylation sites is 1. The summed E-state index contributed by atoms with van der Waals surface area (Å²) in [6.45, 7) is 0. The van der Waals surface area contributed by atoms with Crippen LogP contribution in [0.5, 0.6) is 5.75 Å². The molecule has 4 aromatic carbocycles. The van der Waals surface area contributed by atoms with Crippen molar-refractivity contribution in [1.82, 2.24) is 0 Å². The predicted molar refractivity (Wildman–Crippen MR) is 142 cm³/mol. The zero-order chi connectivity index (χ0) is 27.3. The van der Waals surface area contributed by atoms with Crippen LogP contribution in [0.4, 0.5) is 28.4 Å². The molecule has 192 valence electrons. The van der Waals surface area contributed by atoms with Gasteiger partial charge in [-0.1, -0.05) is 30.3 Å². The zero-order valence-electron chi connectivity index (χ0n) is 19.8. The summed E-state index contributed by atoms with van der Waals surface area (Å²) < 4.78 is 33.0. The molecule has 0 unspecified atom stereocenters. The molecule has 12 heteroatoms. The number of carbonyl (C=O) groups excluding carboxylic acids is 1. The minimum atomic E-state index is -4.09. The average molecular weight is 533 g/mol. The predicted octanol–water partition coefficient (Wildman–Crippen LogP) is 5.78. The fourth-order valence-electron chi connectivity index (χ4n) is 3.61. The van der Waals surface area contributed by atoms with Gasteiger partial charge >= 0.3 is 0 Å². The van der Waals surface area contributed by atoms with E-state index in [1.807, 2.05) is 0 Å². The molecule has 11 nitrogen and oxygen atoms in total. The molecule has 0 spiro atoms. The number of sulfonamides is 1. The summed E-state index contributed by atoms with van der Waals surface area (Å²) in [5, 5.41) is 17.5. The van der Waals surface area contributed by atoms with E-state index in [0.29, 0.717) is 17.1 Å². The topological polar surface area (TPSA) is 157 Å². The molecular weight excluding hydrogens is 512 g/mol. The van der Waals surface area contributed by atoms with E-state index in [4.69, 9.17) is 4.74 Å². The Bertz CT molecular complexity index is 1640. The Morgan fingerprint density at radius 2 is 1.66 bits per heavy atom. The highest BCUT2D eigenvalue weighted by atomic mass is 32.2. The van der Waals surface area contributed by atoms with E-state index in [9.17, 15) is 28.2 Å². The number of nitroso groups, excluding NO2 is 1. The first-order valence-electron chi connectivity index (χ1n) is 11.0. The second-order valence-corrected chi connectivity index (χ2v) is 9.60. The molecule has 0 aromatic heterocycles. The van der Waals surface area contributed by atoms with Crippen molar-refractivity contribution in [2.75, 3.05) is 17.1 Å². The van der Waals surface area contributed by atoms with Crippen LogP contribution in [0.2, 0.25) is 0 Å². The number of ketones is 1. The van der Waals surface area contributed by atoms with Gasteiger partial charge in [-0.05, 0) is 53.7 Å². The molecule has 0 aliphatic heterocycles. The number of nitrogens with one attached hydrogen (secondary N) is 2. The molecule has 0 saturated heterocycles. The number of nitro benzene ring substituents is 1. The lowest BCUT2D eigenvalue weighted by Crippen LogP contribution is -2.13. The third-order valence-electron chi connectivity index (χ3n) is 5.45. The van der Waals surface area contributed by atoms with Crippen LogP contribution in [0.1, 0.15) is 15.9 Å². The number of ether oxygens (including phenoxy) is 1. The lowest BCUT2D eigenvalue weighted by Gasteiger charge is -2.12. The van der Waals surface area contributed by atoms with E-state index in [2.05, 4.69) is 15.2 Å². The summed E-state index contributed by atoms with van der Waals surface area (Å²) in [5.74, 6) is -0.128. The monoisotopic (exact) mass is 532 g/mol. The number of nitrogens with zero attached hydrogens (tertiary/aromatic N) is 2. The fraction of sp³-hybridized carbons (Fsp3) is 0.0385. The summed E-state index contributed by atoms with van der Waals surface area (Å²) >= 11 is 0. The van der Waals surface area contributed by atoms with Crippen LogP contribution in [0, 0.1) is 15.0 Å². The minimum Gasteiger partial charge on any atom is -0.497 e. The van der Waals surface area contributed by atoms with Crippen LogP contribution in [-0.2, 0) is 10.0 Å². The van der Waals surface area contributed by atoms with Gasteiger partial charge in [-0.25, -0.2) is 8.42 Å². The largest absolute Gasteiger partial charge is 0.497 e. The van der Waals surface area contributed by atoms with E-state index in [0.717, 1.165) is 6.07 Å². The number of hydrogen-bond acceptors (Lipinski definition) is 9. The smallest absolute Gasteiger partial charge is 0.294 e. The van der Waals surface area contributed by atoms with Crippen molar-refractivity contribution in [3.63, 3.8) is 0 Å². The molecule has 0 fully saturated rings. The van der Waals surface area contributed by atoms with Crippen molar-refractivity contribution < 1.29 is 22.9 Å². The summed E-state index contributed by atoms with van der Waals surface area (Å²) in [7, 11) is -2.67. The number of benzene rings is 4. The first-order chi connectivity index (χ1) is 18.2. The van der Waals surface area contributed by atoms with Crippen molar-refractivity contribution in [2.24, 2.45) is 5.18 Å². The molecule has 0 bridgehead atoms. The molecule has 0 atom stereocenters. The standard InChI is InChI=1S/C26H20N4O7S/c1-37-20-10-12-22(24(15-20)28-32)26(31)17-6-5-9-19(14-17)27-23-13-11-21(16-25(23)30(33)34)38(35,36)29-18-7-3-2-4-8-18/h2-16,27,29H,1H3. The summed E-state index contributed by atoms with van der Waals surface area (Å²) in [6.07, 6.45) is 0. The van der Waals surface area contributed by atoms with E-state index >= 15 is 0 Å². The number of nitro groups is 1. The van der Waals surface area contributed by atoms with Crippen molar-refractivity contribution in [3.8, 4) is 5.75 Å². The Labute approximate surface area is 217 Å². The number of carbonyl (C=O) groups is 1. The van der Waals surface area contributed by atoms with Gasteiger partial charge in [0.05, 0.1) is 22.5 Å². The molecule has 0 aliphatic carbocycles. The Kier molecular flexibility index (Phi) is 7.44. The van der Waals surface area contributed by atoms with Gasteiger partial charge in [0.2, 0.25) is 0 Å². The van der Waals surface area contributed by atoms with Gasteiger partial charge in [0.15, 0.2) is 5.78 Å². The maximum Gasteiger partial charge on any atom is 0.294 e. The summed E-state index contributed by atoms with van der Waals surface area (Å²) in [5.41, 5.74) is 0.320. The molecule has 0 radical (unpaired) electrons. The molecule has 0 saturated carbocycles. The Morgan fingerprint density at radius 1 is 0.921 bits per heavy atom. The third-order valence-corrected chi connectivity index (χ3v) is 6.83. The maximum absolute atomic E-state index is 13.1. The highest BCUT2D eigenvalue weighted by Gasteiger charge is 2.22. The Balaban J connectivity index is 1.63. The van der Waals surface area contributed by atoms with Crippen LogP contribution in [-0.4, -0.2) is 26.2 Å². The maximum atomic E-state index is 13.1. The van der Waals surface area contributed by atoms with Crippen molar-refractivity contribution >= 4 is 44.2 Å². The molecular formula is C26H20N4O7S. The summed E-state index contributed by atoms with van der Waals surface area (Å²) in [4.78, 5) is 35.1. The Hall–Kier alpha value is -5.10.